The van der Waals surface area contributed by atoms with Crippen molar-refractivity contribution in [2.24, 2.45) is 11.8 Å². The van der Waals surface area contributed by atoms with Crippen molar-refractivity contribution in [1.82, 2.24) is 0 Å². The van der Waals surface area contributed by atoms with E-state index in [1.54, 1.807) is 0 Å². The molecule has 0 aliphatic heterocycles. The monoisotopic (exact) mass is 1510 g/mol. The molecule has 0 aliphatic carbocycles. The van der Waals surface area contributed by atoms with Crippen molar-refractivity contribution in [3.8, 4) is 0 Å². The SMILES string of the molecule is CCCCCCCCCCCCCCCCCCCCCCCC(=O)O[C@H](COC(=O)CCCCCCCCCCCCCCCCCCCCCC)COP(=O)(O)OC[C@@H](O)COP(=O)(O)OC[C@@H](COC(=O)CCCCCCCCCCC(C)C)OC(=O)CCCCCCCCCCC(C)C. The quantitative estimate of drug-likeness (QED) is 0.0222. The Morgan fingerprint density at radius 1 is 0.262 bits per heavy atom. The number of hydrogen-bond donors (Lipinski definition) is 3. The van der Waals surface area contributed by atoms with Gasteiger partial charge in [0.05, 0.1) is 26.4 Å². The summed E-state index contributed by atoms with van der Waals surface area (Å²) in [4.78, 5) is 73.1. The normalized spacial score (nSPS) is 13.9. The van der Waals surface area contributed by atoms with Crippen molar-refractivity contribution in [2.45, 2.75) is 464 Å². The molecule has 612 valence electrons. The van der Waals surface area contributed by atoms with Gasteiger partial charge in [0.1, 0.15) is 19.3 Å². The van der Waals surface area contributed by atoms with Crippen LogP contribution in [0, 0.1) is 11.8 Å². The summed E-state index contributed by atoms with van der Waals surface area (Å²) in [6, 6.07) is 0. The molecule has 3 N–H and O–H groups in total. The Kier molecular flexibility index (Phi) is 74.1. The van der Waals surface area contributed by atoms with E-state index in [9.17, 15) is 43.2 Å². The molecule has 19 heteroatoms. The van der Waals surface area contributed by atoms with Crippen LogP contribution in [0.5, 0.6) is 0 Å². The first-order chi connectivity index (χ1) is 49.9. The zero-order valence-electron chi connectivity index (χ0n) is 67.6. The van der Waals surface area contributed by atoms with Gasteiger partial charge in [0.25, 0.3) is 0 Å². The van der Waals surface area contributed by atoms with Crippen molar-refractivity contribution in [3.05, 3.63) is 0 Å². The van der Waals surface area contributed by atoms with E-state index < -0.39 is 97.5 Å². The van der Waals surface area contributed by atoms with Gasteiger partial charge in [-0.2, -0.15) is 0 Å². The molecule has 0 spiro atoms. The zero-order chi connectivity index (χ0) is 75.6. The molecule has 0 bridgehead atoms. The summed E-state index contributed by atoms with van der Waals surface area (Å²) in [6.45, 7) is 9.57. The topological polar surface area (TPSA) is 237 Å². The highest BCUT2D eigenvalue weighted by Crippen LogP contribution is 2.45. The van der Waals surface area contributed by atoms with Gasteiger partial charge >= 0.3 is 39.5 Å². The molecular formula is C84H164O17P2. The Bertz CT molecular complexity index is 1980. The number of phosphoric ester groups is 2. The van der Waals surface area contributed by atoms with Crippen molar-refractivity contribution in [2.75, 3.05) is 39.6 Å². The second-order valence-electron chi connectivity index (χ2n) is 31.2. The lowest BCUT2D eigenvalue weighted by atomic mass is 10.0. The number of aliphatic hydroxyl groups excluding tert-OH is 1. The van der Waals surface area contributed by atoms with Crippen LogP contribution in [0.4, 0.5) is 0 Å². The summed E-state index contributed by atoms with van der Waals surface area (Å²) in [5, 5.41) is 10.7. The third-order valence-electron chi connectivity index (χ3n) is 19.7. The van der Waals surface area contributed by atoms with Gasteiger partial charge in [-0.1, -0.05) is 395 Å². The summed E-state index contributed by atoms with van der Waals surface area (Å²) < 4.78 is 68.8. The van der Waals surface area contributed by atoms with Crippen LogP contribution in [-0.2, 0) is 65.4 Å². The van der Waals surface area contributed by atoms with E-state index in [4.69, 9.17) is 37.0 Å². The lowest BCUT2D eigenvalue weighted by Gasteiger charge is -2.21. The lowest BCUT2D eigenvalue weighted by molar-refractivity contribution is -0.161. The molecule has 5 atom stereocenters. The molecule has 103 heavy (non-hydrogen) atoms. The molecule has 0 saturated heterocycles. The molecule has 0 heterocycles. The van der Waals surface area contributed by atoms with Crippen molar-refractivity contribution in [1.29, 1.82) is 0 Å². The fourth-order valence-corrected chi connectivity index (χ4v) is 14.6. The number of phosphoric acid groups is 2. The number of ether oxygens (including phenoxy) is 4. The second kappa shape index (κ2) is 75.5. The summed E-state index contributed by atoms with van der Waals surface area (Å²) in [7, 11) is -9.92. The molecule has 0 aromatic heterocycles. The van der Waals surface area contributed by atoms with Gasteiger partial charge in [-0.05, 0) is 37.5 Å². The number of hydrogen-bond acceptors (Lipinski definition) is 15. The van der Waals surface area contributed by atoms with Gasteiger partial charge in [-0.3, -0.25) is 37.3 Å². The largest absolute Gasteiger partial charge is 0.472 e. The van der Waals surface area contributed by atoms with E-state index in [1.165, 1.54) is 263 Å². The number of esters is 4. The fourth-order valence-electron chi connectivity index (χ4n) is 13.1. The summed E-state index contributed by atoms with van der Waals surface area (Å²) in [5.74, 6) is -0.665. The minimum atomic E-state index is -4.96. The maximum atomic E-state index is 13.1. The summed E-state index contributed by atoms with van der Waals surface area (Å²) in [5.41, 5.74) is 0. The molecular weight excluding hydrogens is 1340 g/mol. The zero-order valence-corrected chi connectivity index (χ0v) is 69.4. The number of unbranched alkanes of at least 4 members (excludes halogenated alkanes) is 53. The summed E-state index contributed by atoms with van der Waals surface area (Å²) >= 11 is 0. The van der Waals surface area contributed by atoms with Crippen LogP contribution in [-0.4, -0.2) is 96.7 Å². The molecule has 0 aliphatic rings. The van der Waals surface area contributed by atoms with Gasteiger partial charge in [-0.15, -0.1) is 0 Å². The average Bonchev–Trinajstić information content (AvgIpc) is 0.929. The first-order valence-electron chi connectivity index (χ1n) is 43.5. The summed E-state index contributed by atoms with van der Waals surface area (Å²) in [6.07, 6.45) is 67.0. The smallest absolute Gasteiger partial charge is 0.462 e. The number of aliphatic hydroxyl groups is 1. The maximum absolute atomic E-state index is 13.1. The molecule has 0 rings (SSSR count). The standard InChI is InChI=1S/C84H164O17P2/c1-7-9-11-13-15-17-19-21-23-25-27-29-31-33-35-37-39-41-50-56-62-68-83(88)100-79(72-94-81(86)66-60-54-48-40-38-36-34-32-30-28-26-24-22-20-18-16-14-12-10-8-2)74-98-102(90,91)96-70-78(85)71-97-103(92,93)99-75-80(101-84(89)69-63-57-51-45-43-47-53-59-65-77(5)6)73-95-82(87)67-61-55-49-44-42-46-52-58-64-76(3)4/h76-80,85H,7-75H2,1-6H3,(H,90,91)(H,92,93)/t78-,79-,80-/m1/s1. The van der Waals surface area contributed by atoms with E-state index in [1.807, 2.05) is 0 Å². The predicted octanol–water partition coefficient (Wildman–Crippen LogP) is 25.5. The van der Waals surface area contributed by atoms with Crippen molar-refractivity contribution < 1.29 is 80.2 Å². The molecule has 0 amide bonds. The van der Waals surface area contributed by atoms with Crippen LogP contribution in [0.1, 0.15) is 446 Å². The molecule has 2 unspecified atom stereocenters. The lowest BCUT2D eigenvalue weighted by Crippen LogP contribution is -2.30. The molecule has 0 fully saturated rings. The Hall–Kier alpha value is -1.94. The molecule has 0 aromatic rings. The Morgan fingerprint density at radius 2 is 0.447 bits per heavy atom. The minimum absolute atomic E-state index is 0.104. The van der Waals surface area contributed by atoms with E-state index in [2.05, 4.69) is 41.5 Å². The van der Waals surface area contributed by atoms with Gasteiger partial charge in [0.15, 0.2) is 12.2 Å². The van der Waals surface area contributed by atoms with Gasteiger partial charge in [0, 0.05) is 25.7 Å². The fraction of sp³-hybridized carbons (Fsp3) is 0.952. The molecule has 17 nitrogen and oxygen atoms in total. The Labute approximate surface area is 632 Å². The first kappa shape index (κ1) is 101. The van der Waals surface area contributed by atoms with Gasteiger partial charge in [0.2, 0.25) is 0 Å². The third-order valence-corrected chi connectivity index (χ3v) is 21.6. The van der Waals surface area contributed by atoms with Crippen molar-refractivity contribution in [3.63, 3.8) is 0 Å². The van der Waals surface area contributed by atoms with Gasteiger partial charge < -0.3 is 33.8 Å². The van der Waals surface area contributed by atoms with Crippen LogP contribution >= 0.6 is 15.6 Å². The highest BCUT2D eigenvalue weighted by Gasteiger charge is 2.30. The van der Waals surface area contributed by atoms with E-state index in [0.29, 0.717) is 25.7 Å². The van der Waals surface area contributed by atoms with Crippen LogP contribution < -0.4 is 0 Å². The van der Waals surface area contributed by atoms with Crippen LogP contribution in [0.3, 0.4) is 0 Å². The Morgan fingerprint density at radius 3 is 0.660 bits per heavy atom. The van der Waals surface area contributed by atoms with Crippen LogP contribution in [0.25, 0.3) is 0 Å². The van der Waals surface area contributed by atoms with E-state index >= 15 is 0 Å². The highest BCUT2D eigenvalue weighted by atomic mass is 31.2. The second-order valence-corrected chi connectivity index (χ2v) is 34.1. The molecule has 0 aromatic carbocycles. The third kappa shape index (κ3) is 78.0. The molecule has 0 saturated carbocycles. The van der Waals surface area contributed by atoms with Gasteiger partial charge in [-0.25, -0.2) is 9.13 Å². The van der Waals surface area contributed by atoms with Crippen molar-refractivity contribution >= 4 is 39.5 Å². The molecule has 0 radical (unpaired) electrons. The minimum Gasteiger partial charge on any atom is -0.462 e. The van der Waals surface area contributed by atoms with E-state index in [-0.39, 0.29) is 25.7 Å². The van der Waals surface area contributed by atoms with Crippen LogP contribution in [0.15, 0.2) is 0 Å². The number of carbonyl (C=O) groups is 4. The maximum Gasteiger partial charge on any atom is 0.472 e. The first-order valence-corrected chi connectivity index (χ1v) is 46.5. The highest BCUT2D eigenvalue weighted by molar-refractivity contribution is 7.47. The Balaban J connectivity index is 5.20. The number of carbonyl (C=O) groups excluding carboxylic acids is 4. The predicted molar refractivity (Wildman–Crippen MR) is 423 cm³/mol. The average molecular weight is 1510 g/mol. The van der Waals surface area contributed by atoms with E-state index in [0.717, 1.165) is 102 Å². The number of rotatable bonds is 83. The van der Waals surface area contributed by atoms with Crippen LogP contribution in [0.2, 0.25) is 0 Å².